The topological polar surface area (TPSA) is 50.5 Å². The number of rotatable bonds is 7. The average Bonchev–Trinajstić information content (AvgIpc) is 3.59. The van der Waals surface area contributed by atoms with E-state index in [1.165, 1.54) is 30.6 Å². The summed E-state index contributed by atoms with van der Waals surface area (Å²) in [5, 5.41) is 9.16. The molecule has 0 radical (unpaired) electrons. The smallest absolute Gasteiger partial charge is 0.170 e. The van der Waals surface area contributed by atoms with Gasteiger partial charge < -0.3 is 14.6 Å². The molecule has 5 heteroatoms. The van der Waals surface area contributed by atoms with Crippen LogP contribution in [0.2, 0.25) is 0 Å². The molecule has 0 amide bonds. The summed E-state index contributed by atoms with van der Waals surface area (Å²) in [4.78, 5) is 2.71. The number of benzene rings is 3. The van der Waals surface area contributed by atoms with Crippen molar-refractivity contribution < 1.29 is 9.26 Å². The second kappa shape index (κ2) is 8.90. The molecule has 1 aromatic heterocycles. The molecule has 6 rings (SSSR count). The first-order valence-corrected chi connectivity index (χ1v) is 12.2. The monoisotopic (exact) mass is 453 g/mol. The van der Waals surface area contributed by atoms with Gasteiger partial charge in [-0.25, -0.2) is 0 Å². The van der Waals surface area contributed by atoms with Gasteiger partial charge in [-0.3, -0.25) is 4.90 Å². The van der Waals surface area contributed by atoms with E-state index in [0.717, 1.165) is 34.5 Å². The summed E-state index contributed by atoms with van der Waals surface area (Å²) in [6, 6.07) is 27.0. The number of piperidine rings is 1. The van der Waals surface area contributed by atoms with Gasteiger partial charge in [0.15, 0.2) is 5.58 Å². The molecular formula is C29H31N3O2. The van der Waals surface area contributed by atoms with Crippen LogP contribution < -0.4 is 10.1 Å². The van der Waals surface area contributed by atoms with E-state index in [1.54, 1.807) is 7.11 Å². The first-order chi connectivity index (χ1) is 16.7. The number of nitrogens with zero attached hydrogens (tertiary/aromatic N) is 2. The molecule has 174 valence electrons. The quantitative estimate of drug-likeness (QED) is 0.420. The summed E-state index contributed by atoms with van der Waals surface area (Å²) in [7, 11) is 1.72. The van der Waals surface area contributed by atoms with Crippen LogP contribution >= 0.6 is 0 Å². The standard InChI is InChI=1S/C29H31N3O2/c1-19-24-15-23(25(33-2)16-26(24)34-31-19)17-30-28-22-13-14-32(18-22)29(28)27(20-9-5-3-6-10-20)21-11-7-4-8-12-21/h3-12,15-16,22,27-30H,13-14,17-18H2,1-2H3/t22-,28-,29-/m1/s1. The number of nitrogens with one attached hydrogen (secondary N) is 1. The van der Waals surface area contributed by atoms with Crippen molar-refractivity contribution in [1.29, 1.82) is 0 Å². The Morgan fingerprint density at radius 1 is 1.06 bits per heavy atom. The van der Waals surface area contributed by atoms with Crippen LogP contribution in [0.1, 0.15) is 34.7 Å². The van der Waals surface area contributed by atoms with E-state index >= 15 is 0 Å². The van der Waals surface area contributed by atoms with Gasteiger partial charge in [0.1, 0.15) is 5.75 Å². The molecule has 2 fully saturated rings. The summed E-state index contributed by atoms with van der Waals surface area (Å²) >= 11 is 0. The molecule has 4 aromatic rings. The molecule has 34 heavy (non-hydrogen) atoms. The third-order valence-electron chi connectivity index (χ3n) is 7.79. The lowest BCUT2D eigenvalue weighted by molar-refractivity contribution is 0.197. The molecule has 2 aliphatic heterocycles. The molecule has 0 aliphatic carbocycles. The first-order valence-electron chi connectivity index (χ1n) is 12.2. The minimum absolute atomic E-state index is 0.329. The number of hydrogen-bond acceptors (Lipinski definition) is 5. The first kappa shape index (κ1) is 21.4. The Labute approximate surface area is 200 Å². The average molecular weight is 454 g/mol. The van der Waals surface area contributed by atoms with Crippen LogP contribution in [-0.4, -0.2) is 42.3 Å². The predicted octanol–water partition coefficient (Wildman–Crippen LogP) is 5.14. The zero-order valence-electron chi connectivity index (χ0n) is 19.8. The largest absolute Gasteiger partial charge is 0.496 e. The van der Waals surface area contributed by atoms with Crippen molar-refractivity contribution in [2.24, 2.45) is 5.92 Å². The third kappa shape index (κ3) is 3.69. The van der Waals surface area contributed by atoms with Crippen molar-refractivity contribution in [3.63, 3.8) is 0 Å². The Morgan fingerprint density at radius 2 is 1.76 bits per heavy atom. The van der Waals surface area contributed by atoms with E-state index in [2.05, 4.69) is 82.1 Å². The van der Waals surface area contributed by atoms with E-state index in [-0.39, 0.29) is 0 Å². The molecule has 2 bridgehead atoms. The van der Waals surface area contributed by atoms with Gasteiger partial charge in [-0.1, -0.05) is 65.8 Å². The van der Waals surface area contributed by atoms with Crippen molar-refractivity contribution in [3.05, 3.63) is 95.2 Å². The number of ether oxygens (including phenoxy) is 1. The van der Waals surface area contributed by atoms with Gasteiger partial charge in [0, 0.05) is 48.1 Å². The van der Waals surface area contributed by atoms with Gasteiger partial charge >= 0.3 is 0 Å². The van der Waals surface area contributed by atoms with Gasteiger partial charge in [-0.15, -0.1) is 0 Å². The van der Waals surface area contributed by atoms with E-state index in [9.17, 15) is 0 Å². The van der Waals surface area contributed by atoms with Crippen LogP contribution in [-0.2, 0) is 6.54 Å². The highest BCUT2D eigenvalue weighted by molar-refractivity contribution is 5.82. The minimum Gasteiger partial charge on any atom is -0.496 e. The Balaban J connectivity index is 1.34. The number of hydrogen-bond donors (Lipinski definition) is 1. The van der Waals surface area contributed by atoms with Crippen LogP contribution in [0.3, 0.4) is 0 Å². The molecule has 1 N–H and O–H groups in total. The molecule has 0 spiro atoms. The fourth-order valence-corrected chi connectivity index (χ4v) is 6.19. The van der Waals surface area contributed by atoms with E-state index in [0.29, 0.717) is 23.9 Å². The Morgan fingerprint density at radius 3 is 2.44 bits per heavy atom. The normalized spacial score (nSPS) is 23.7. The predicted molar refractivity (Wildman–Crippen MR) is 134 cm³/mol. The van der Waals surface area contributed by atoms with Crippen molar-refractivity contribution >= 4 is 11.0 Å². The van der Waals surface area contributed by atoms with Gasteiger partial charge in [0.05, 0.1) is 12.8 Å². The Hall–Kier alpha value is -3.15. The maximum atomic E-state index is 5.71. The summed E-state index contributed by atoms with van der Waals surface area (Å²) in [5.74, 6) is 1.83. The molecule has 4 atom stereocenters. The Kier molecular flexibility index (Phi) is 5.60. The zero-order valence-corrected chi connectivity index (χ0v) is 19.8. The van der Waals surface area contributed by atoms with Gasteiger partial charge in [-0.05, 0) is 43.0 Å². The second-order valence-corrected chi connectivity index (χ2v) is 9.67. The highest BCUT2D eigenvalue weighted by atomic mass is 16.5. The highest BCUT2D eigenvalue weighted by Crippen LogP contribution is 2.43. The van der Waals surface area contributed by atoms with Crippen LogP contribution in [0.15, 0.2) is 77.3 Å². The van der Waals surface area contributed by atoms with Crippen molar-refractivity contribution in [1.82, 2.24) is 15.4 Å². The van der Waals surface area contributed by atoms with Crippen molar-refractivity contribution in [3.8, 4) is 5.75 Å². The maximum absolute atomic E-state index is 5.71. The highest BCUT2D eigenvalue weighted by Gasteiger charge is 2.49. The molecular weight excluding hydrogens is 422 g/mol. The summed E-state index contributed by atoms with van der Waals surface area (Å²) in [5.41, 5.74) is 5.61. The lowest BCUT2D eigenvalue weighted by atomic mass is 9.78. The molecule has 2 aliphatic rings. The van der Waals surface area contributed by atoms with Crippen molar-refractivity contribution in [2.75, 3.05) is 20.2 Å². The number of fused-ring (bicyclic) bond motifs is 3. The van der Waals surface area contributed by atoms with Crippen molar-refractivity contribution in [2.45, 2.75) is 37.9 Å². The molecule has 3 heterocycles. The number of aromatic nitrogens is 1. The second-order valence-electron chi connectivity index (χ2n) is 9.67. The summed E-state index contributed by atoms with van der Waals surface area (Å²) in [6.45, 7) is 5.09. The third-order valence-corrected chi connectivity index (χ3v) is 7.79. The molecule has 5 nitrogen and oxygen atoms in total. The van der Waals surface area contributed by atoms with Crippen LogP contribution in [0.4, 0.5) is 0 Å². The van der Waals surface area contributed by atoms with Gasteiger partial charge in [0.2, 0.25) is 0 Å². The zero-order chi connectivity index (χ0) is 23.1. The van der Waals surface area contributed by atoms with E-state index in [1.807, 2.05) is 13.0 Å². The summed E-state index contributed by atoms with van der Waals surface area (Å²) in [6.07, 6.45) is 1.26. The van der Waals surface area contributed by atoms with E-state index in [4.69, 9.17) is 9.26 Å². The van der Waals surface area contributed by atoms with E-state index < -0.39 is 0 Å². The fourth-order valence-electron chi connectivity index (χ4n) is 6.19. The molecule has 1 unspecified atom stereocenters. The van der Waals surface area contributed by atoms with Crippen LogP contribution in [0.25, 0.3) is 11.0 Å². The minimum atomic E-state index is 0.329. The van der Waals surface area contributed by atoms with Crippen LogP contribution in [0.5, 0.6) is 5.75 Å². The van der Waals surface area contributed by atoms with Gasteiger partial charge in [0.25, 0.3) is 0 Å². The van der Waals surface area contributed by atoms with Gasteiger partial charge in [-0.2, -0.15) is 0 Å². The molecule has 2 saturated heterocycles. The molecule has 0 saturated carbocycles. The van der Waals surface area contributed by atoms with Crippen LogP contribution in [0, 0.1) is 12.8 Å². The molecule has 3 aromatic carbocycles. The fraction of sp³-hybridized carbons (Fsp3) is 0.345. The lowest BCUT2D eigenvalue weighted by Gasteiger charge is -2.39. The SMILES string of the molecule is COc1cc2onc(C)c2cc1CN[C@@H]1[C@@H]2CCN(C2)[C@@H]1C(c1ccccc1)c1ccccc1. The Bertz CT molecular complexity index is 1230. The lowest BCUT2D eigenvalue weighted by Crippen LogP contribution is -2.50. The number of aryl methyl sites for hydroxylation is 1. The maximum Gasteiger partial charge on any atom is 0.170 e. The number of methoxy groups -OCH3 is 1. The summed E-state index contributed by atoms with van der Waals surface area (Å²) < 4.78 is 11.2.